The van der Waals surface area contributed by atoms with E-state index in [0.29, 0.717) is 52.0 Å². The van der Waals surface area contributed by atoms with Gasteiger partial charge in [-0.05, 0) is 158 Å². The summed E-state index contributed by atoms with van der Waals surface area (Å²) >= 11 is 0. The van der Waals surface area contributed by atoms with Gasteiger partial charge in [0, 0.05) is 59.0 Å². The van der Waals surface area contributed by atoms with E-state index < -0.39 is 33.1 Å². The Hall–Kier alpha value is -7.26. The fourth-order valence-corrected chi connectivity index (χ4v) is 11.2. The SMILES string of the molecule is C#CCCc1ccc(O[Si](C)(C)C(C)(C)C)cc1.COCOc1ccc(C2(C)COc3cc(OCOC)ccc3C2(O)C#CCCc2ccc(O[Si](C)(C)C(C)(C)C)cc2)cc1.COCOc1ccc(C2(C)COc3cc(OCOC)ccc3C2=O)cc1. The quantitative estimate of drug-likeness (QED) is 0.0390. The van der Waals surface area contributed by atoms with E-state index in [1.807, 2.05) is 80.6 Å². The fourth-order valence-electron chi connectivity index (χ4n) is 9.13. The maximum Gasteiger partial charge on any atom is 0.250 e. The van der Waals surface area contributed by atoms with E-state index in [1.54, 1.807) is 58.8 Å². The van der Waals surface area contributed by atoms with Gasteiger partial charge >= 0.3 is 0 Å². The number of benzene rings is 6. The number of carbonyl (C=O) groups is 1. The molecule has 8 rings (SSSR count). The summed E-state index contributed by atoms with van der Waals surface area (Å²) in [6.07, 6.45) is 8.33. The summed E-state index contributed by atoms with van der Waals surface area (Å²) in [4.78, 5) is 13.1. The average molecular weight is 1240 g/mol. The van der Waals surface area contributed by atoms with E-state index in [0.717, 1.165) is 47.5 Å². The Morgan fingerprint density at radius 1 is 0.523 bits per heavy atom. The molecule has 0 fully saturated rings. The molecule has 2 heterocycles. The van der Waals surface area contributed by atoms with E-state index >= 15 is 0 Å². The molecule has 0 spiro atoms. The van der Waals surface area contributed by atoms with Gasteiger partial charge in [-0.3, -0.25) is 4.79 Å². The predicted molar refractivity (Wildman–Crippen MR) is 351 cm³/mol. The summed E-state index contributed by atoms with van der Waals surface area (Å²) in [6.45, 7) is 27.4. The summed E-state index contributed by atoms with van der Waals surface area (Å²) in [5, 5.41) is 12.9. The van der Waals surface area contributed by atoms with Crippen LogP contribution in [0.2, 0.25) is 36.3 Å². The highest BCUT2D eigenvalue weighted by Gasteiger charge is 2.54. The standard InChI is InChI=1S/C36H46O7Si.C20H22O6.C16H24OSi/c1-34(2,3)44(7,8)43-30-16-12-27(13-17-30)11-9-10-22-36(37)32-21-20-31(42-26-39-6)23-33(32)40-24-35(36,4)28-14-18-29(19-15-28)41-25-38-5;1-20(14-4-6-15(7-5-14)25-12-22-2)11-24-18-10-16(26-13-23-3)8-9-17(18)19(20)21;1-7-8-9-14-10-12-15(13-11-14)17-18(5,6)16(2,3)4/h12-21,23,37H,9,11,24-26H2,1-8H3;4-10H,11-13H2,1-3H3;1,10-13H,8-9H2,2-6H3. The molecule has 1 N–H and O–H groups in total. The predicted octanol–water partition coefficient (Wildman–Crippen LogP) is 15.0. The van der Waals surface area contributed by atoms with Gasteiger partial charge in [0.2, 0.25) is 16.6 Å². The van der Waals surface area contributed by atoms with Gasteiger partial charge in [-0.1, -0.05) is 102 Å². The largest absolute Gasteiger partial charge is 0.544 e. The smallest absolute Gasteiger partial charge is 0.250 e. The van der Waals surface area contributed by atoms with Crippen molar-refractivity contribution in [2.75, 3.05) is 68.8 Å². The van der Waals surface area contributed by atoms with Crippen LogP contribution in [0.5, 0.6) is 46.0 Å². The van der Waals surface area contributed by atoms with E-state index in [-0.39, 0.29) is 56.2 Å². The zero-order chi connectivity index (χ0) is 64.4. The summed E-state index contributed by atoms with van der Waals surface area (Å²) in [7, 11) is 2.64. The van der Waals surface area contributed by atoms with Crippen LogP contribution < -0.4 is 37.3 Å². The number of ketones is 1. The number of Topliss-reactive ketones (excluding diaryl/α,β-unsaturated/α-hetero) is 1. The van der Waals surface area contributed by atoms with Crippen LogP contribution in [0, 0.1) is 24.2 Å². The highest BCUT2D eigenvalue weighted by Crippen LogP contribution is 2.50. The molecule has 0 radical (unpaired) electrons. The molecule has 2 aliphatic rings. The number of hydrogen-bond acceptors (Lipinski definition) is 14. The van der Waals surface area contributed by atoms with Gasteiger partial charge in [-0.2, -0.15) is 0 Å². The third-order valence-electron chi connectivity index (χ3n) is 16.8. The first-order chi connectivity index (χ1) is 41.7. The fraction of sp³-hybridized carbons (Fsp3) is 0.431. The molecule has 0 amide bonds. The summed E-state index contributed by atoms with van der Waals surface area (Å²) < 4.78 is 66.6. The van der Waals surface area contributed by atoms with E-state index in [2.05, 4.69) is 122 Å². The second kappa shape index (κ2) is 30.8. The number of aliphatic hydroxyl groups is 1. The Morgan fingerprint density at radius 2 is 0.920 bits per heavy atom. The van der Waals surface area contributed by atoms with Crippen LogP contribution in [-0.2, 0) is 48.2 Å². The summed E-state index contributed by atoms with van der Waals surface area (Å²) in [6, 6.07) is 42.2. The van der Waals surface area contributed by atoms with Gasteiger partial charge in [0.25, 0.3) is 0 Å². The lowest BCUT2D eigenvalue weighted by Crippen LogP contribution is -2.53. The van der Waals surface area contributed by atoms with E-state index in [4.69, 9.17) is 62.6 Å². The maximum absolute atomic E-state index is 13.1. The maximum atomic E-state index is 13.1. The number of rotatable bonds is 22. The highest BCUT2D eigenvalue weighted by atomic mass is 28.4. The molecule has 88 heavy (non-hydrogen) atoms. The van der Waals surface area contributed by atoms with Crippen LogP contribution in [0.4, 0.5) is 0 Å². The van der Waals surface area contributed by atoms with Crippen molar-refractivity contribution in [3.63, 3.8) is 0 Å². The van der Waals surface area contributed by atoms with Crippen LogP contribution in [0.3, 0.4) is 0 Å². The molecule has 6 aromatic rings. The van der Waals surface area contributed by atoms with Gasteiger partial charge < -0.3 is 61.3 Å². The van der Waals surface area contributed by atoms with Gasteiger partial charge in [0.1, 0.15) is 59.2 Å². The van der Waals surface area contributed by atoms with Crippen molar-refractivity contribution in [2.45, 2.75) is 134 Å². The van der Waals surface area contributed by atoms with Crippen molar-refractivity contribution in [1.29, 1.82) is 0 Å². The van der Waals surface area contributed by atoms with Crippen molar-refractivity contribution in [2.24, 2.45) is 0 Å². The molecule has 14 nitrogen and oxygen atoms in total. The molecule has 0 aromatic heterocycles. The van der Waals surface area contributed by atoms with Crippen molar-refractivity contribution < 1.29 is 66.1 Å². The number of carbonyl (C=O) groups excluding carboxylic acids is 1. The molecule has 3 atom stereocenters. The molecule has 16 heteroatoms. The number of hydrogen-bond donors (Lipinski definition) is 1. The normalized spacial score (nSPS) is 17.8. The van der Waals surface area contributed by atoms with Crippen LogP contribution in [0.15, 0.2) is 133 Å². The Kier molecular flexibility index (Phi) is 24.4. The zero-order valence-electron chi connectivity index (χ0n) is 54.6. The third kappa shape index (κ3) is 17.8. The third-order valence-corrected chi connectivity index (χ3v) is 25.5. The zero-order valence-corrected chi connectivity index (χ0v) is 56.6. The molecule has 472 valence electrons. The van der Waals surface area contributed by atoms with Gasteiger partial charge in [-0.15, -0.1) is 12.3 Å². The topological polar surface area (TPSA) is 148 Å². The Labute approximate surface area is 525 Å². The molecule has 3 unspecified atom stereocenters. The number of fused-ring (bicyclic) bond motifs is 2. The van der Waals surface area contributed by atoms with Crippen LogP contribution in [0.25, 0.3) is 0 Å². The number of aryl methyl sites for hydroxylation is 2. The first-order valence-corrected chi connectivity index (χ1v) is 35.5. The number of ether oxygens (including phenoxy) is 10. The van der Waals surface area contributed by atoms with Crippen molar-refractivity contribution in [3.8, 4) is 70.2 Å². The monoisotopic (exact) mass is 1240 g/mol. The van der Waals surface area contributed by atoms with Crippen molar-refractivity contribution >= 4 is 22.4 Å². The molecular weight excluding hydrogens is 1140 g/mol. The van der Waals surface area contributed by atoms with Crippen LogP contribution in [-0.4, -0.2) is 96.3 Å². The molecule has 6 aromatic carbocycles. The number of methoxy groups -OCH3 is 4. The Morgan fingerprint density at radius 3 is 1.38 bits per heavy atom. The summed E-state index contributed by atoms with van der Waals surface area (Å²) in [5.41, 5.74) is 2.16. The van der Waals surface area contributed by atoms with Crippen molar-refractivity contribution in [3.05, 3.63) is 167 Å². The lowest BCUT2D eigenvalue weighted by molar-refractivity contribution is -0.0274. The minimum absolute atomic E-state index is 0.0163. The molecule has 0 saturated heterocycles. The average Bonchev–Trinajstić information content (AvgIpc) is 0.875. The van der Waals surface area contributed by atoms with Gasteiger partial charge in [0.15, 0.2) is 38.6 Å². The molecule has 2 aliphatic heterocycles. The van der Waals surface area contributed by atoms with Gasteiger partial charge in [-0.25, -0.2) is 0 Å². The lowest BCUT2D eigenvalue weighted by Gasteiger charge is -2.46. The van der Waals surface area contributed by atoms with Crippen LogP contribution in [0.1, 0.15) is 106 Å². The van der Waals surface area contributed by atoms with Gasteiger partial charge in [0.05, 0.1) is 16.4 Å². The summed E-state index contributed by atoms with van der Waals surface area (Å²) in [5.74, 6) is 14.7. The molecule has 0 saturated carbocycles. The minimum atomic E-state index is -1.90. The Balaban J connectivity index is 0.000000236. The molecule has 0 aliphatic carbocycles. The molecule has 0 bridgehead atoms. The van der Waals surface area contributed by atoms with E-state index in [1.165, 1.54) is 5.56 Å². The second-order valence-electron chi connectivity index (χ2n) is 25.4. The Bertz CT molecular complexity index is 3300. The highest BCUT2D eigenvalue weighted by molar-refractivity contribution is 6.75. The molecular formula is C72H92O14Si2. The minimum Gasteiger partial charge on any atom is -0.544 e. The lowest BCUT2D eigenvalue weighted by atomic mass is 9.64. The first-order valence-electron chi connectivity index (χ1n) is 29.7. The number of terminal acetylenes is 1. The van der Waals surface area contributed by atoms with Crippen molar-refractivity contribution in [1.82, 2.24) is 0 Å². The first kappa shape index (κ1) is 69.8. The van der Waals surface area contributed by atoms with E-state index in [9.17, 15) is 9.90 Å². The second-order valence-corrected chi connectivity index (χ2v) is 34.8. The van der Waals surface area contributed by atoms with Crippen LogP contribution >= 0.6 is 0 Å².